The summed E-state index contributed by atoms with van der Waals surface area (Å²) in [6, 6.07) is 14.1. The van der Waals surface area contributed by atoms with Crippen molar-refractivity contribution in [1.82, 2.24) is 20.9 Å². The Morgan fingerprint density at radius 2 is 1.57 bits per heavy atom. The predicted molar refractivity (Wildman–Crippen MR) is 145 cm³/mol. The Morgan fingerprint density at radius 1 is 0.892 bits per heavy atom. The predicted octanol–water partition coefficient (Wildman–Crippen LogP) is 4.17. The molecule has 198 valence electrons. The van der Waals surface area contributed by atoms with Gasteiger partial charge in [-0.2, -0.15) is 0 Å². The van der Waals surface area contributed by atoms with Gasteiger partial charge in [0.2, 0.25) is 0 Å². The monoisotopic (exact) mass is 544 g/mol. The van der Waals surface area contributed by atoms with Crippen molar-refractivity contribution in [3.63, 3.8) is 0 Å². The molecular formula is C28H34Cl2N4O3. The third-order valence-corrected chi connectivity index (χ3v) is 8.23. The van der Waals surface area contributed by atoms with E-state index in [1.807, 2.05) is 12.1 Å². The SMILES string of the molecule is O=C(COc1ccc(Cl)cc1C(=O)NC1CCNCC1)N[C@H]1C[C@H]2CC[C@@H](C1)N2Cc1ccc(Cl)cc1. The second-order valence-corrected chi connectivity index (χ2v) is 11.2. The summed E-state index contributed by atoms with van der Waals surface area (Å²) in [5, 5.41) is 10.7. The summed E-state index contributed by atoms with van der Waals surface area (Å²) in [6.45, 7) is 2.53. The molecule has 3 heterocycles. The molecule has 37 heavy (non-hydrogen) atoms. The van der Waals surface area contributed by atoms with Crippen molar-refractivity contribution in [3.05, 3.63) is 63.6 Å². The van der Waals surface area contributed by atoms with Gasteiger partial charge in [0, 0.05) is 40.8 Å². The van der Waals surface area contributed by atoms with Crippen LogP contribution >= 0.6 is 23.2 Å². The average Bonchev–Trinajstić information content (AvgIpc) is 3.12. The van der Waals surface area contributed by atoms with Crippen molar-refractivity contribution in [3.8, 4) is 5.75 Å². The van der Waals surface area contributed by atoms with Crippen molar-refractivity contribution in [2.75, 3.05) is 19.7 Å². The molecule has 2 aromatic carbocycles. The molecule has 0 aliphatic carbocycles. The second-order valence-electron chi connectivity index (χ2n) is 10.3. The Hall–Kier alpha value is -2.32. The van der Waals surface area contributed by atoms with E-state index in [9.17, 15) is 9.59 Å². The summed E-state index contributed by atoms with van der Waals surface area (Å²) in [5.74, 6) is -0.0338. The number of benzene rings is 2. The molecule has 2 bridgehead atoms. The normalized spacial score (nSPS) is 24.0. The number of piperidine rings is 2. The van der Waals surface area contributed by atoms with E-state index in [0.717, 1.165) is 63.2 Å². The van der Waals surface area contributed by atoms with Gasteiger partial charge in [0.1, 0.15) is 5.75 Å². The van der Waals surface area contributed by atoms with Gasteiger partial charge in [-0.25, -0.2) is 0 Å². The third kappa shape index (κ3) is 6.77. The Kier molecular flexibility index (Phi) is 8.55. The molecule has 0 spiro atoms. The van der Waals surface area contributed by atoms with E-state index in [2.05, 4.69) is 33.0 Å². The molecule has 3 aliphatic rings. The van der Waals surface area contributed by atoms with Gasteiger partial charge < -0.3 is 20.7 Å². The second kappa shape index (κ2) is 12.0. The van der Waals surface area contributed by atoms with Crippen LogP contribution < -0.4 is 20.7 Å². The minimum absolute atomic E-state index is 0.116. The van der Waals surface area contributed by atoms with Gasteiger partial charge >= 0.3 is 0 Å². The van der Waals surface area contributed by atoms with Crippen LogP contribution in [-0.2, 0) is 11.3 Å². The molecule has 3 atom stereocenters. The van der Waals surface area contributed by atoms with Gasteiger partial charge in [0.15, 0.2) is 6.61 Å². The number of ether oxygens (including phenoxy) is 1. The molecule has 3 saturated heterocycles. The van der Waals surface area contributed by atoms with Gasteiger partial charge in [-0.3, -0.25) is 14.5 Å². The van der Waals surface area contributed by atoms with E-state index in [1.165, 1.54) is 5.56 Å². The lowest BCUT2D eigenvalue weighted by Crippen LogP contribution is -2.50. The van der Waals surface area contributed by atoms with E-state index >= 15 is 0 Å². The number of hydrogen-bond donors (Lipinski definition) is 3. The zero-order valence-electron chi connectivity index (χ0n) is 20.8. The van der Waals surface area contributed by atoms with Gasteiger partial charge in [-0.1, -0.05) is 35.3 Å². The number of halogens is 2. The quantitative estimate of drug-likeness (QED) is 0.464. The lowest BCUT2D eigenvalue weighted by molar-refractivity contribution is -0.124. The van der Waals surface area contributed by atoms with Crippen molar-refractivity contribution >= 4 is 35.0 Å². The lowest BCUT2D eigenvalue weighted by Gasteiger charge is -2.39. The molecule has 3 N–H and O–H groups in total. The minimum Gasteiger partial charge on any atom is -0.483 e. The van der Waals surface area contributed by atoms with Gasteiger partial charge in [-0.05, 0) is 87.5 Å². The highest BCUT2D eigenvalue weighted by Crippen LogP contribution is 2.37. The average molecular weight is 546 g/mol. The summed E-state index contributed by atoms with van der Waals surface area (Å²) >= 11 is 12.2. The van der Waals surface area contributed by atoms with Crippen molar-refractivity contribution in [1.29, 1.82) is 0 Å². The largest absolute Gasteiger partial charge is 0.483 e. The van der Waals surface area contributed by atoms with Gasteiger partial charge in [0.05, 0.1) is 5.56 Å². The third-order valence-electron chi connectivity index (χ3n) is 7.75. The van der Waals surface area contributed by atoms with Crippen molar-refractivity contribution in [2.24, 2.45) is 0 Å². The number of amides is 2. The first kappa shape index (κ1) is 26.3. The van der Waals surface area contributed by atoms with Crippen LogP contribution in [0.2, 0.25) is 10.0 Å². The number of rotatable bonds is 8. The highest BCUT2D eigenvalue weighted by atomic mass is 35.5. The fraction of sp³-hybridized carbons (Fsp3) is 0.500. The maximum Gasteiger partial charge on any atom is 0.258 e. The smallest absolute Gasteiger partial charge is 0.258 e. The van der Waals surface area contributed by atoms with E-state index in [1.54, 1.807) is 18.2 Å². The molecule has 2 amide bonds. The fourth-order valence-corrected chi connectivity index (χ4v) is 6.20. The Morgan fingerprint density at radius 3 is 2.27 bits per heavy atom. The summed E-state index contributed by atoms with van der Waals surface area (Å²) in [5.41, 5.74) is 1.62. The van der Waals surface area contributed by atoms with E-state index in [-0.39, 0.29) is 30.5 Å². The number of nitrogens with zero attached hydrogens (tertiary/aromatic N) is 1. The lowest BCUT2D eigenvalue weighted by atomic mass is 9.96. The molecule has 3 aliphatic heterocycles. The summed E-state index contributed by atoms with van der Waals surface area (Å²) in [4.78, 5) is 28.3. The first-order valence-corrected chi connectivity index (χ1v) is 13.9. The Labute approximate surface area is 228 Å². The molecule has 7 nitrogen and oxygen atoms in total. The van der Waals surface area contributed by atoms with Crippen molar-refractivity contribution < 1.29 is 14.3 Å². The number of fused-ring (bicyclic) bond motifs is 2. The molecule has 0 unspecified atom stereocenters. The zero-order chi connectivity index (χ0) is 25.8. The van der Waals surface area contributed by atoms with Crippen LogP contribution in [0, 0.1) is 0 Å². The number of carbonyl (C=O) groups excluding carboxylic acids is 2. The van der Waals surface area contributed by atoms with Crippen LogP contribution in [0.1, 0.15) is 54.4 Å². The van der Waals surface area contributed by atoms with Gasteiger partial charge in [-0.15, -0.1) is 0 Å². The molecule has 5 rings (SSSR count). The van der Waals surface area contributed by atoms with Crippen LogP contribution in [-0.4, -0.2) is 60.6 Å². The van der Waals surface area contributed by atoms with Gasteiger partial charge in [0.25, 0.3) is 11.8 Å². The summed E-state index contributed by atoms with van der Waals surface area (Å²) < 4.78 is 5.82. The summed E-state index contributed by atoms with van der Waals surface area (Å²) in [7, 11) is 0. The van der Waals surface area contributed by atoms with E-state index in [0.29, 0.717) is 28.4 Å². The Balaban J connectivity index is 1.13. The number of nitrogens with one attached hydrogen (secondary N) is 3. The highest BCUT2D eigenvalue weighted by molar-refractivity contribution is 6.31. The van der Waals surface area contributed by atoms with Crippen LogP contribution in [0.4, 0.5) is 0 Å². The molecule has 3 fully saturated rings. The molecule has 0 aromatic heterocycles. The minimum atomic E-state index is -0.227. The van der Waals surface area contributed by atoms with Crippen LogP contribution in [0.3, 0.4) is 0 Å². The van der Waals surface area contributed by atoms with E-state index < -0.39 is 0 Å². The van der Waals surface area contributed by atoms with Crippen LogP contribution in [0.5, 0.6) is 5.75 Å². The standard InChI is InChI=1S/C28H34Cl2N4O3/c29-19-3-1-18(2-4-19)16-34-23-6-7-24(34)15-22(14-23)32-27(35)17-37-26-8-5-20(30)13-25(26)28(36)33-21-9-11-31-12-10-21/h1-5,8,13,21-24,31H,6-7,9-12,14-17H2,(H,32,35)(H,33,36)/t22-,23+,24-. The highest BCUT2D eigenvalue weighted by Gasteiger charge is 2.40. The topological polar surface area (TPSA) is 82.7 Å². The summed E-state index contributed by atoms with van der Waals surface area (Å²) in [6.07, 6.45) is 5.93. The molecular weight excluding hydrogens is 511 g/mol. The first-order chi connectivity index (χ1) is 17.9. The zero-order valence-corrected chi connectivity index (χ0v) is 22.4. The molecule has 0 radical (unpaired) electrons. The first-order valence-electron chi connectivity index (χ1n) is 13.2. The Bertz CT molecular complexity index is 1090. The molecule has 0 saturated carbocycles. The molecule has 2 aromatic rings. The van der Waals surface area contributed by atoms with Crippen molar-refractivity contribution in [2.45, 2.75) is 69.2 Å². The number of hydrogen-bond acceptors (Lipinski definition) is 5. The molecule has 9 heteroatoms. The maximum absolute atomic E-state index is 12.9. The van der Waals surface area contributed by atoms with E-state index in [4.69, 9.17) is 27.9 Å². The maximum atomic E-state index is 12.9. The van der Waals surface area contributed by atoms with Crippen LogP contribution in [0.25, 0.3) is 0 Å². The van der Waals surface area contributed by atoms with Crippen LogP contribution in [0.15, 0.2) is 42.5 Å². The fourth-order valence-electron chi connectivity index (χ4n) is 5.90. The number of carbonyl (C=O) groups is 2.